The highest BCUT2D eigenvalue weighted by Crippen LogP contribution is 2.38. The van der Waals surface area contributed by atoms with Gasteiger partial charge < -0.3 is 14.2 Å². The molecule has 0 N–H and O–H groups in total. The molecule has 0 aliphatic rings. The summed E-state index contributed by atoms with van der Waals surface area (Å²) in [5.41, 5.74) is 3.73. The fourth-order valence-electron chi connectivity index (χ4n) is 3.08. The standard InChI is InChI=1S/C27H30O4/c1-4-27(2,3)26(28)31-20-29-18-19-30-25-23(21-12-7-5-8-13-21)16-11-17-24(25)22-14-9-6-10-15-22/h5-17H,4,18-20H2,1-3H3. The number of esters is 1. The number of benzene rings is 3. The highest BCUT2D eigenvalue weighted by molar-refractivity contribution is 5.82. The molecule has 0 fully saturated rings. The first-order chi connectivity index (χ1) is 15.0. The molecular weight excluding hydrogens is 388 g/mol. The third-order valence-electron chi connectivity index (χ3n) is 5.37. The lowest BCUT2D eigenvalue weighted by molar-refractivity contribution is -0.167. The zero-order valence-corrected chi connectivity index (χ0v) is 18.5. The van der Waals surface area contributed by atoms with Crippen molar-refractivity contribution < 1.29 is 19.0 Å². The molecule has 3 rings (SSSR count). The first-order valence-corrected chi connectivity index (χ1v) is 10.6. The molecule has 0 aliphatic heterocycles. The highest BCUT2D eigenvalue weighted by atomic mass is 16.7. The van der Waals surface area contributed by atoms with Gasteiger partial charge in [0.05, 0.1) is 12.0 Å². The van der Waals surface area contributed by atoms with E-state index < -0.39 is 5.41 Å². The minimum atomic E-state index is -0.501. The molecule has 4 heteroatoms. The maximum Gasteiger partial charge on any atom is 0.313 e. The fraction of sp³-hybridized carbons (Fsp3) is 0.296. The Balaban J connectivity index is 1.69. The average molecular weight is 419 g/mol. The maximum absolute atomic E-state index is 12.0. The van der Waals surface area contributed by atoms with Crippen molar-refractivity contribution in [3.8, 4) is 28.0 Å². The van der Waals surface area contributed by atoms with Gasteiger partial charge in [-0.05, 0) is 31.4 Å². The molecule has 4 nitrogen and oxygen atoms in total. The smallest absolute Gasteiger partial charge is 0.313 e. The molecule has 3 aromatic rings. The number of carbonyl (C=O) groups is 1. The Morgan fingerprint density at radius 3 is 1.84 bits per heavy atom. The Hall–Kier alpha value is -3.11. The normalized spacial score (nSPS) is 11.2. The minimum absolute atomic E-state index is 0.0719. The van der Waals surface area contributed by atoms with Crippen molar-refractivity contribution in [3.63, 3.8) is 0 Å². The SMILES string of the molecule is CCC(C)(C)C(=O)OCOCCOc1c(-c2ccccc2)cccc1-c1ccccc1. The molecule has 0 radical (unpaired) electrons. The van der Waals surface area contributed by atoms with Crippen LogP contribution in [-0.4, -0.2) is 26.0 Å². The van der Waals surface area contributed by atoms with Crippen LogP contribution in [0.2, 0.25) is 0 Å². The predicted octanol–water partition coefficient (Wildman–Crippen LogP) is 6.35. The van der Waals surface area contributed by atoms with Gasteiger partial charge in [-0.2, -0.15) is 0 Å². The zero-order chi connectivity index (χ0) is 22.1. The second-order valence-electron chi connectivity index (χ2n) is 7.96. The fourth-order valence-corrected chi connectivity index (χ4v) is 3.08. The molecule has 0 heterocycles. The van der Waals surface area contributed by atoms with Crippen molar-refractivity contribution in [1.82, 2.24) is 0 Å². The van der Waals surface area contributed by atoms with E-state index >= 15 is 0 Å². The summed E-state index contributed by atoms with van der Waals surface area (Å²) < 4.78 is 16.9. The Bertz CT molecular complexity index is 907. The summed E-state index contributed by atoms with van der Waals surface area (Å²) in [6.45, 7) is 6.28. The molecule has 0 atom stereocenters. The number of hydrogen-bond acceptors (Lipinski definition) is 4. The van der Waals surface area contributed by atoms with Gasteiger partial charge in [-0.25, -0.2) is 0 Å². The van der Waals surface area contributed by atoms with E-state index in [9.17, 15) is 4.79 Å². The Morgan fingerprint density at radius 2 is 1.32 bits per heavy atom. The first kappa shape index (κ1) is 22.6. The molecule has 0 saturated heterocycles. The number of para-hydroxylation sites is 1. The lowest BCUT2D eigenvalue weighted by Gasteiger charge is -2.20. The van der Waals surface area contributed by atoms with Crippen LogP contribution in [0.25, 0.3) is 22.3 Å². The Labute approximate surface area is 184 Å². The highest BCUT2D eigenvalue weighted by Gasteiger charge is 2.26. The van der Waals surface area contributed by atoms with Crippen LogP contribution in [-0.2, 0) is 14.3 Å². The third kappa shape index (κ3) is 5.96. The average Bonchev–Trinajstić information content (AvgIpc) is 2.82. The summed E-state index contributed by atoms with van der Waals surface area (Å²) in [5.74, 6) is 0.560. The number of rotatable bonds is 10. The van der Waals surface area contributed by atoms with Crippen LogP contribution in [0.4, 0.5) is 0 Å². The van der Waals surface area contributed by atoms with Crippen LogP contribution in [0, 0.1) is 5.41 Å². The van der Waals surface area contributed by atoms with Gasteiger partial charge in [0.15, 0.2) is 6.79 Å². The van der Waals surface area contributed by atoms with Crippen molar-refractivity contribution in [3.05, 3.63) is 78.9 Å². The van der Waals surface area contributed by atoms with Gasteiger partial charge in [0.2, 0.25) is 0 Å². The lowest BCUT2D eigenvalue weighted by Crippen LogP contribution is -2.27. The van der Waals surface area contributed by atoms with Crippen molar-refractivity contribution in [2.75, 3.05) is 20.0 Å². The molecule has 0 spiro atoms. The summed E-state index contributed by atoms with van der Waals surface area (Å²) in [7, 11) is 0. The number of hydrogen-bond donors (Lipinski definition) is 0. The van der Waals surface area contributed by atoms with Crippen LogP contribution in [0.1, 0.15) is 27.2 Å². The van der Waals surface area contributed by atoms with E-state index in [1.165, 1.54) is 0 Å². The van der Waals surface area contributed by atoms with Crippen LogP contribution >= 0.6 is 0 Å². The van der Waals surface area contributed by atoms with E-state index in [0.29, 0.717) is 19.6 Å². The van der Waals surface area contributed by atoms with E-state index in [1.54, 1.807) is 0 Å². The summed E-state index contributed by atoms with van der Waals surface area (Å²) in [5, 5.41) is 0. The van der Waals surface area contributed by atoms with Crippen LogP contribution in [0.15, 0.2) is 78.9 Å². The molecule has 3 aromatic carbocycles. The quantitative estimate of drug-likeness (QED) is 0.218. The number of carbonyl (C=O) groups excluding carboxylic acids is 1. The van der Waals surface area contributed by atoms with E-state index in [-0.39, 0.29) is 12.8 Å². The minimum Gasteiger partial charge on any atom is -0.490 e. The molecule has 162 valence electrons. The van der Waals surface area contributed by atoms with Gasteiger partial charge in [0.25, 0.3) is 0 Å². The second-order valence-corrected chi connectivity index (χ2v) is 7.96. The van der Waals surface area contributed by atoms with E-state index in [2.05, 4.69) is 36.4 Å². The summed E-state index contributed by atoms with van der Waals surface area (Å²) in [6, 6.07) is 26.5. The topological polar surface area (TPSA) is 44.8 Å². The Kier molecular flexibility index (Phi) is 7.85. The third-order valence-corrected chi connectivity index (χ3v) is 5.37. The molecule has 0 aliphatic carbocycles. The second kappa shape index (κ2) is 10.8. The van der Waals surface area contributed by atoms with E-state index in [4.69, 9.17) is 14.2 Å². The van der Waals surface area contributed by atoms with Crippen molar-refractivity contribution in [1.29, 1.82) is 0 Å². The molecule has 31 heavy (non-hydrogen) atoms. The van der Waals surface area contributed by atoms with Gasteiger partial charge in [0.1, 0.15) is 12.4 Å². The van der Waals surface area contributed by atoms with E-state index in [0.717, 1.165) is 28.0 Å². The predicted molar refractivity (Wildman–Crippen MR) is 124 cm³/mol. The monoisotopic (exact) mass is 418 g/mol. The lowest BCUT2D eigenvalue weighted by atomic mass is 9.91. The molecule has 0 amide bonds. The van der Waals surface area contributed by atoms with Crippen LogP contribution in [0.3, 0.4) is 0 Å². The Morgan fingerprint density at radius 1 is 0.774 bits per heavy atom. The van der Waals surface area contributed by atoms with Gasteiger partial charge in [-0.15, -0.1) is 0 Å². The van der Waals surface area contributed by atoms with Gasteiger partial charge in [0, 0.05) is 11.1 Å². The van der Waals surface area contributed by atoms with Gasteiger partial charge in [-0.3, -0.25) is 4.79 Å². The molecular formula is C27H30O4. The summed E-state index contributed by atoms with van der Waals surface area (Å²) >= 11 is 0. The zero-order valence-electron chi connectivity index (χ0n) is 18.5. The van der Waals surface area contributed by atoms with Crippen LogP contribution < -0.4 is 4.74 Å². The molecule has 0 bridgehead atoms. The largest absolute Gasteiger partial charge is 0.490 e. The van der Waals surface area contributed by atoms with Crippen LogP contribution in [0.5, 0.6) is 5.75 Å². The molecule has 0 aromatic heterocycles. The van der Waals surface area contributed by atoms with E-state index in [1.807, 2.05) is 63.2 Å². The van der Waals surface area contributed by atoms with Crippen molar-refractivity contribution in [2.24, 2.45) is 5.41 Å². The maximum atomic E-state index is 12.0. The number of ether oxygens (including phenoxy) is 3. The van der Waals surface area contributed by atoms with Gasteiger partial charge in [-0.1, -0.05) is 85.8 Å². The summed E-state index contributed by atoms with van der Waals surface area (Å²) in [6.07, 6.45) is 0.716. The first-order valence-electron chi connectivity index (χ1n) is 10.6. The molecule has 0 unspecified atom stereocenters. The summed E-state index contributed by atoms with van der Waals surface area (Å²) in [4.78, 5) is 12.0. The van der Waals surface area contributed by atoms with Gasteiger partial charge >= 0.3 is 5.97 Å². The van der Waals surface area contributed by atoms with Crippen molar-refractivity contribution >= 4 is 5.97 Å². The van der Waals surface area contributed by atoms with Crippen molar-refractivity contribution in [2.45, 2.75) is 27.2 Å². The molecule has 0 saturated carbocycles.